The van der Waals surface area contributed by atoms with Gasteiger partial charge in [0.05, 0.1) is 17.6 Å². The molecule has 0 amide bonds. The Hall–Kier alpha value is -1.93. The summed E-state index contributed by atoms with van der Waals surface area (Å²) in [6.07, 6.45) is 0. The van der Waals surface area contributed by atoms with Crippen molar-refractivity contribution in [2.24, 2.45) is 0 Å². The lowest BCUT2D eigenvalue weighted by Crippen LogP contribution is -2.38. The van der Waals surface area contributed by atoms with Crippen LogP contribution in [0.25, 0.3) is 0 Å². The Bertz CT molecular complexity index is 680. The molecule has 0 fully saturated rings. The highest BCUT2D eigenvalue weighted by atomic mass is 32.2. The Labute approximate surface area is 123 Å². The number of hydrogen-bond donors (Lipinski definition) is 2. The van der Waals surface area contributed by atoms with Crippen LogP contribution in [0, 0.1) is 13.8 Å². The number of rotatable bonds is 5. The molecule has 116 valence electrons. The van der Waals surface area contributed by atoms with E-state index in [1.165, 1.54) is 26.2 Å². The SMILES string of the molecule is COC(=O)c1cc(C)c(C)c(S(=O)(=O)N[C@H](C)C(=O)O)c1. The summed E-state index contributed by atoms with van der Waals surface area (Å²) in [6.45, 7) is 4.45. The van der Waals surface area contributed by atoms with Crippen LogP contribution in [0.3, 0.4) is 0 Å². The Morgan fingerprint density at radius 1 is 1.29 bits per heavy atom. The van der Waals surface area contributed by atoms with Crippen molar-refractivity contribution in [1.82, 2.24) is 4.72 Å². The quantitative estimate of drug-likeness (QED) is 0.779. The van der Waals surface area contributed by atoms with E-state index in [4.69, 9.17) is 5.11 Å². The van der Waals surface area contributed by atoms with E-state index in [1.807, 2.05) is 4.72 Å². The molecule has 0 aliphatic rings. The van der Waals surface area contributed by atoms with Gasteiger partial charge in [0.25, 0.3) is 0 Å². The van der Waals surface area contributed by atoms with E-state index < -0.39 is 28.0 Å². The van der Waals surface area contributed by atoms with Crippen molar-refractivity contribution in [1.29, 1.82) is 0 Å². The first-order chi connectivity index (χ1) is 9.60. The third-order valence-electron chi connectivity index (χ3n) is 3.03. The smallest absolute Gasteiger partial charge is 0.337 e. The van der Waals surface area contributed by atoms with Crippen LogP contribution in [0.1, 0.15) is 28.4 Å². The van der Waals surface area contributed by atoms with Gasteiger partial charge in [0.15, 0.2) is 0 Å². The number of aryl methyl sites for hydroxylation is 1. The fourth-order valence-electron chi connectivity index (χ4n) is 1.69. The van der Waals surface area contributed by atoms with Crippen LogP contribution in [0.4, 0.5) is 0 Å². The summed E-state index contributed by atoms with van der Waals surface area (Å²) in [5.41, 5.74) is 1.11. The Morgan fingerprint density at radius 2 is 1.86 bits per heavy atom. The molecule has 0 heterocycles. The van der Waals surface area contributed by atoms with E-state index >= 15 is 0 Å². The van der Waals surface area contributed by atoms with Gasteiger partial charge in [-0.2, -0.15) is 4.72 Å². The summed E-state index contributed by atoms with van der Waals surface area (Å²) in [7, 11) is -2.87. The third kappa shape index (κ3) is 3.79. The molecule has 8 heteroatoms. The van der Waals surface area contributed by atoms with Gasteiger partial charge in [0, 0.05) is 0 Å². The van der Waals surface area contributed by atoms with Gasteiger partial charge in [-0.1, -0.05) is 0 Å². The Balaban J connectivity index is 3.38. The predicted octanol–water partition coefficient (Wildman–Crippen LogP) is 0.841. The molecule has 21 heavy (non-hydrogen) atoms. The molecular formula is C13H17NO6S. The molecule has 0 aromatic heterocycles. The average molecular weight is 315 g/mol. The standard InChI is InChI=1S/C13H17NO6S/c1-7-5-10(13(17)20-4)6-11(8(7)2)21(18,19)14-9(3)12(15)16/h5-6,9,14H,1-4H3,(H,15,16)/t9-/m1/s1. The van der Waals surface area contributed by atoms with Crippen molar-refractivity contribution in [2.45, 2.75) is 31.7 Å². The molecule has 1 aromatic carbocycles. The van der Waals surface area contributed by atoms with Crippen LogP contribution >= 0.6 is 0 Å². The van der Waals surface area contributed by atoms with Gasteiger partial charge in [-0.15, -0.1) is 0 Å². The van der Waals surface area contributed by atoms with Crippen LogP contribution in [0.15, 0.2) is 17.0 Å². The van der Waals surface area contributed by atoms with Gasteiger partial charge < -0.3 is 9.84 Å². The summed E-state index contributed by atoms with van der Waals surface area (Å²) < 4.78 is 31.1. The Morgan fingerprint density at radius 3 is 2.33 bits per heavy atom. The van der Waals surface area contributed by atoms with Crippen molar-refractivity contribution in [3.63, 3.8) is 0 Å². The zero-order valence-corrected chi connectivity index (χ0v) is 12.9. The van der Waals surface area contributed by atoms with E-state index in [9.17, 15) is 18.0 Å². The molecule has 0 saturated heterocycles. The number of ether oxygens (including phenoxy) is 1. The topological polar surface area (TPSA) is 110 Å². The number of carboxylic acids is 1. The number of carbonyl (C=O) groups excluding carboxylic acids is 1. The molecule has 0 spiro atoms. The number of methoxy groups -OCH3 is 1. The second-order valence-electron chi connectivity index (χ2n) is 4.59. The van der Waals surface area contributed by atoms with Crippen LogP contribution in [-0.4, -0.2) is 38.6 Å². The molecule has 0 aliphatic heterocycles. The summed E-state index contributed by atoms with van der Waals surface area (Å²) in [4.78, 5) is 22.2. The van der Waals surface area contributed by atoms with Crippen molar-refractivity contribution in [3.05, 3.63) is 28.8 Å². The fraction of sp³-hybridized carbons (Fsp3) is 0.385. The molecule has 1 rings (SSSR count). The lowest BCUT2D eigenvalue weighted by molar-refractivity contribution is -0.138. The zero-order valence-electron chi connectivity index (χ0n) is 12.1. The summed E-state index contributed by atoms with van der Waals surface area (Å²) in [5.74, 6) is -1.96. The molecule has 1 aromatic rings. The molecule has 0 unspecified atom stereocenters. The van der Waals surface area contributed by atoms with Gasteiger partial charge in [-0.05, 0) is 44.0 Å². The molecule has 0 saturated carbocycles. The second-order valence-corrected chi connectivity index (χ2v) is 6.27. The number of sulfonamides is 1. The van der Waals surface area contributed by atoms with Crippen molar-refractivity contribution < 1.29 is 27.9 Å². The van der Waals surface area contributed by atoms with Gasteiger partial charge in [0.1, 0.15) is 6.04 Å². The average Bonchev–Trinajstić information content (AvgIpc) is 2.39. The number of nitrogens with one attached hydrogen (secondary N) is 1. The first kappa shape index (κ1) is 17.1. The number of carboxylic acid groups (broad SMARTS) is 1. The number of benzene rings is 1. The predicted molar refractivity (Wildman–Crippen MR) is 74.7 cm³/mol. The third-order valence-corrected chi connectivity index (χ3v) is 4.70. The molecule has 0 radical (unpaired) electrons. The minimum atomic E-state index is -4.06. The fourth-order valence-corrected chi connectivity index (χ4v) is 3.23. The van der Waals surface area contributed by atoms with E-state index in [1.54, 1.807) is 13.8 Å². The van der Waals surface area contributed by atoms with Gasteiger partial charge in [-0.25, -0.2) is 13.2 Å². The normalized spacial score (nSPS) is 12.8. The van der Waals surface area contributed by atoms with E-state index in [0.717, 1.165) is 0 Å². The molecule has 0 bridgehead atoms. The highest BCUT2D eigenvalue weighted by Gasteiger charge is 2.25. The van der Waals surface area contributed by atoms with Crippen LogP contribution in [-0.2, 0) is 19.6 Å². The number of aliphatic carboxylic acids is 1. The Kier molecular flexibility index (Phi) is 5.08. The van der Waals surface area contributed by atoms with Crippen LogP contribution in [0.5, 0.6) is 0 Å². The van der Waals surface area contributed by atoms with Crippen molar-refractivity contribution >= 4 is 22.0 Å². The highest BCUT2D eigenvalue weighted by molar-refractivity contribution is 7.89. The van der Waals surface area contributed by atoms with E-state index in [0.29, 0.717) is 11.1 Å². The summed E-state index contributed by atoms with van der Waals surface area (Å²) in [6, 6.07) is 1.41. The van der Waals surface area contributed by atoms with E-state index in [2.05, 4.69) is 4.74 Å². The minimum absolute atomic E-state index is 0.0870. The first-order valence-corrected chi connectivity index (χ1v) is 7.53. The minimum Gasteiger partial charge on any atom is -0.480 e. The molecule has 2 N–H and O–H groups in total. The molecule has 1 atom stereocenters. The lowest BCUT2D eigenvalue weighted by Gasteiger charge is -2.14. The first-order valence-electron chi connectivity index (χ1n) is 6.05. The summed E-state index contributed by atoms with van der Waals surface area (Å²) >= 11 is 0. The lowest BCUT2D eigenvalue weighted by atomic mass is 10.1. The largest absolute Gasteiger partial charge is 0.480 e. The maximum Gasteiger partial charge on any atom is 0.337 e. The maximum absolute atomic E-state index is 12.3. The van der Waals surface area contributed by atoms with Gasteiger partial charge in [-0.3, -0.25) is 4.79 Å². The monoisotopic (exact) mass is 315 g/mol. The van der Waals surface area contributed by atoms with Gasteiger partial charge in [0.2, 0.25) is 10.0 Å². The van der Waals surface area contributed by atoms with Crippen LogP contribution in [0.2, 0.25) is 0 Å². The summed E-state index contributed by atoms with van der Waals surface area (Å²) in [5, 5.41) is 8.80. The number of esters is 1. The van der Waals surface area contributed by atoms with Crippen molar-refractivity contribution in [3.8, 4) is 0 Å². The second kappa shape index (κ2) is 6.23. The van der Waals surface area contributed by atoms with Crippen molar-refractivity contribution in [2.75, 3.05) is 7.11 Å². The van der Waals surface area contributed by atoms with Crippen LogP contribution < -0.4 is 4.72 Å². The molecule has 0 aliphatic carbocycles. The number of hydrogen-bond acceptors (Lipinski definition) is 5. The van der Waals surface area contributed by atoms with Gasteiger partial charge >= 0.3 is 11.9 Å². The number of carbonyl (C=O) groups is 2. The highest BCUT2D eigenvalue weighted by Crippen LogP contribution is 2.22. The zero-order chi connectivity index (χ0) is 16.4. The van der Waals surface area contributed by atoms with E-state index in [-0.39, 0.29) is 10.5 Å². The molecular weight excluding hydrogens is 298 g/mol. The maximum atomic E-state index is 12.3. The molecule has 7 nitrogen and oxygen atoms in total.